The van der Waals surface area contributed by atoms with Crippen LogP contribution in [0.1, 0.15) is 50.8 Å². The molecule has 0 spiro atoms. The second-order valence-electron chi connectivity index (χ2n) is 5.53. The van der Waals surface area contributed by atoms with Crippen LogP contribution in [-0.4, -0.2) is 17.8 Å². The molecular weight excluding hydrogens is 266 g/mol. The van der Waals surface area contributed by atoms with Crippen molar-refractivity contribution < 1.29 is 14.6 Å². The van der Waals surface area contributed by atoms with Gasteiger partial charge in [0.15, 0.2) is 0 Å². The minimum Gasteiger partial charge on any atom is -0.493 e. The minimum atomic E-state index is -0.846. The summed E-state index contributed by atoms with van der Waals surface area (Å²) in [6.45, 7) is 6.47. The molecule has 0 bridgehead atoms. The number of nitrogens with zero attached hydrogens (tertiary/aromatic N) is 1. The third-order valence-electron chi connectivity index (χ3n) is 3.79. The van der Waals surface area contributed by atoms with Gasteiger partial charge in [-0.3, -0.25) is 0 Å². The summed E-state index contributed by atoms with van der Waals surface area (Å²) in [6.07, 6.45) is 1.67. The second-order valence-corrected chi connectivity index (χ2v) is 5.53. The zero-order valence-corrected chi connectivity index (χ0v) is 12.9. The highest BCUT2D eigenvalue weighted by Crippen LogP contribution is 2.40. The van der Waals surface area contributed by atoms with Crippen molar-refractivity contribution in [3.8, 4) is 17.6 Å². The maximum atomic E-state index is 10.6. The van der Waals surface area contributed by atoms with Gasteiger partial charge in [0.1, 0.15) is 17.6 Å². The monoisotopic (exact) mass is 289 g/mol. The van der Waals surface area contributed by atoms with E-state index in [0.717, 1.165) is 24.2 Å². The highest BCUT2D eigenvalue weighted by molar-refractivity contribution is 5.50. The third kappa shape index (κ3) is 3.30. The van der Waals surface area contributed by atoms with E-state index in [2.05, 4.69) is 6.07 Å². The Morgan fingerprint density at radius 3 is 2.86 bits per heavy atom. The summed E-state index contributed by atoms with van der Waals surface area (Å²) in [5.74, 6) is 1.04. The van der Waals surface area contributed by atoms with Crippen LogP contribution < -0.4 is 9.47 Å². The Morgan fingerprint density at radius 2 is 2.24 bits per heavy atom. The van der Waals surface area contributed by atoms with Gasteiger partial charge in [-0.1, -0.05) is 13.3 Å². The van der Waals surface area contributed by atoms with E-state index < -0.39 is 12.0 Å². The molecule has 0 aromatic heterocycles. The van der Waals surface area contributed by atoms with Gasteiger partial charge < -0.3 is 14.6 Å². The fourth-order valence-corrected chi connectivity index (χ4v) is 2.79. The number of hydrogen-bond acceptors (Lipinski definition) is 4. The van der Waals surface area contributed by atoms with E-state index in [4.69, 9.17) is 9.47 Å². The van der Waals surface area contributed by atoms with Crippen molar-refractivity contribution in [1.82, 2.24) is 0 Å². The van der Waals surface area contributed by atoms with Crippen LogP contribution in [0.3, 0.4) is 0 Å². The van der Waals surface area contributed by atoms with Crippen LogP contribution in [-0.2, 0) is 6.42 Å². The summed E-state index contributed by atoms with van der Waals surface area (Å²) in [7, 11) is 0. The van der Waals surface area contributed by atoms with Crippen molar-refractivity contribution in [3.63, 3.8) is 0 Å². The molecule has 21 heavy (non-hydrogen) atoms. The maximum Gasteiger partial charge on any atom is 0.125 e. The third-order valence-corrected chi connectivity index (χ3v) is 3.79. The number of nitriles is 1. The van der Waals surface area contributed by atoms with E-state index >= 15 is 0 Å². The van der Waals surface area contributed by atoms with Gasteiger partial charge in [0, 0.05) is 17.5 Å². The summed E-state index contributed by atoms with van der Waals surface area (Å²) in [5.41, 5.74) is 1.76. The van der Waals surface area contributed by atoms with Crippen molar-refractivity contribution in [1.29, 1.82) is 5.26 Å². The van der Waals surface area contributed by atoms with E-state index in [-0.39, 0.29) is 6.10 Å². The molecule has 4 nitrogen and oxygen atoms in total. The predicted molar refractivity (Wildman–Crippen MR) is 80.4 cm³/mol. The first kappa shape index (κ1) is 15.7. The van der Waals surface area contributed by atoms with Crippen molar-refractivity contribution in [2.75, 3.05) is 6.61 Å². The molecule has 1 aliphatic rings. The Bertz CT molecular complexity index is 536. The van der Waals surface area contributed by atoms with Gasteiger partial charge in [-0.25, -0.2) is 0 Å². The fourth-order valence-electron chi connectivity index (χ4n) is 2.79. The molecule has 0 fully saturated rings. The molecule has 4 heteroatoms. The number of fused-ring (bicyclic) bond motifs is 1. The van der Waals surface area contributed by atoms with Crippen molar-refractivity contribution >= 4 is 0 Å². The lowest BCUT2D eigenvalue weighted by Crippen LogP contribution is -2.12. The Morgan fingerprint density at radius 1 is 1.48 bits per heavy atom. The molecule has 1 N–H and O–H groups in total. The summed E-state index contributed by atoms with van der Waals surface area (Å²) in [6, 6.07) is 5.99. The molecule has 1 heterocycles. The first-order valence-corrected chi connectivity index (χ1v) is 7.64. The van der Waals surface area contributed by atoms with Crippen molar-refractivity contribution in [2.45, 2.75) is 52.2 Å². The normalized spacial score (nSPS) is 19.3. The number of ether oxygens (including phenoxy) is 2. The molecule has 114 valence electrons. The van der Waals surface area contributed by atoms with Crippen LogP contribution >= 0.6 is 0 Å². The molecule has 3 atom stereocenters. The zero-order valence-electron chi connectivity index (χ0n) is 12.9. The SMILES string of the molecule is CCCC(C#N)C(O)c1cc2c(cc1OCC)CC(C)O2. The Balaban J connectivity index is 2.37. The van der Waals surface area contributed by atoms with Crippen LogP contribution in [0, 0.1) is 17.2 Å². The van der Waals surface area contributed by atoms with Gasteiger partial charge in [0.25, 0.3) is 0 Å². The quantitative estimate of drug-likeness (QED) is 0.872. The molecule has 0 aliphatic carbocycles. The molecule has 0 radical (unpaired) electrons. The first-order valence-electron chi connectivity index (χ1n) is 7.64. The van der Waals surface area contributed by atoms with E-state index in [1.54, 1.807) is 0 Å². The molecule has 0 saturated heterocycles. The van der Waals surface area contributed by atoms with E-state index in [9.17, 15) is 10.4 Å². The number of benzene rings is 1. The highest BCUT2D eigenvalue weighted by Gasteiger charge is 2.28. The number of aliphatic hydroxyl groups is 1. The molecule has 1 aromatic carbocycles. The lowest BCUT2D eigenvalue weighted by atomic mass is 9.91. The van der Waals surface area contributed by atoms with Crippen molar-refractivity contribution in [3.05, 3.63) is 23.3 Å². The molecule has 3 unspecified atom stereocenters. The summed E-state index contributed by atoms with van der Waals surface area (Å²) in [5, 5.41) is 19.8. The minimum absolute atomic E-state index is 0.143. The topological polar surface area (TPSA) is 62.5 Å². The number of hydrogen-bond donors (Lipinski definition) is 1. The van der Waals surface area contributed by atoms with E-state index in [1.165, 1.54) is 0 Å². The largest absolute Gasteiger partial charge is 0.493 e. The maximum absolute atomic E-state index is 10.6. The first-order chi connectivity index (χ1) is 10.1. The standard InChI is InChI=1S/C17H23NO3/c1-4-6-12(10-18)17(19)14-9-15-13(7-11(3)21-15)8-16(14)20-5-2/h8-9,11-12,17,19H,4-7H2,1-3H3. The summed E-state index contributed by atoms with van der Waals surface area (Å²) < 4.78 is 11.4. The van der Waals surface area contributed by atoms with Crippen LogP contribution in [0.25, 0.3) is 0 Å². The molecule has 2 rings (SSSR count). The van der Waals surface area contributed by atoms with E-state index in [1.807, 2.05) is 32.9 Å². The van der Waals surface area contributed by atoms with Gasteiger partial charge in [0.05, 0.1) is 24.7 Å². The Labute approximate surface area is 126 Å². The van der Waals surface area contributed by atoms with Gasteiger partial charge in [-0.15, -0.1) is 0 Å². The predicted octanol–water partition coefficient (Wildman–Crippen LogP) is 3.38. The van der Waals surface area contributed by atoms with Crippen LogP contribution in [0.2, 0.25) is 0 Å². The van der Waals surface area contributed by atoms with Crippen LogP contribution in [0.4, 0.5) is 0 Å². The van der Waals surface area contributed by atoms with Gasteiger partial charge in [-0.2, -0.15) is 5.26 Å². The molecule has 1 aromatic rings. The molecular formula is C17H23NO3. The second kappa shape index (κ2) is 6.82. The van der Waals surface area contributed by atoms with Gasteiger partial charge in [-0.05, 0) is 32.4 Å². The average Bonchev–Trinajstić information content (AvgIpc) is 2.82. The Hall–Kier alpha value is -1.73. The van der Waals surface area contributed by atoms with Gasteiger partial charge in [0.2, 0.25) is 0 Å². The van der Waals surface area contributed by atoms with Crippen molar-refractivity contribution in [2.24, 2.45) is 5.92 Å². The number of rotatable bonds is 6. The zero-order chi connectivity index (χ0) is 15.4. The highest BCUT2D eigenvalue weighted by atomic mass is 16.5. The fraction of sp³-hybridized carbons (Fsp3) is 0.588. The molecule has 0 saturated carbocycles. The Kier molecular flexibility index (Phi) is 5.08. The summed E-state index contributed by atoms with van der Waals surface area (Å²) >= 11 is 0. The van der Waals surface area contributed by atoms with Crippen LogP contribution in [0.15, 0.2) is 12.1 Å². The number of aliphatic hydroxyl groups excluding tert-OH is 1. The van der Waals surface area contributed by atoms with Gasteiger partial charge >= 0.3 is 0 Å². The molecule has 0 amide bonds. The lowest BCUT2D eigenvalue weighted by molar-refractivity contribution is 0.125. The molecule has 1 aliphatic heterocycles. The lowest BCUT2D eigenvalue weighted by Gasteiger charge is -2.20. The summed E-state index contributed by atoms with van der Waals surface area (Å²) in [4.78, 5) is 0. The smallest absolute Gasteiger partial charge is 0.125 e. The van der Waals surface area contributed by atoms with E-state index in [0.29, 0.717) is 24.3 Å². The van der Waals surface area contributed by atoms with Crippen LogP contribution in [0.5, 0.6) is 11.5 Å². The average molecular weight is 289 g/mol.